The van der Waals surface area contributed by atoms with E-state index in [-0.39, 0.29) is 11.0 Å². The van der Waals surface area contributed by atoms with Crippen LogP contribution < -0.4 is 0 Å². The largest absolute Gasteiger partial charge is 0.478 e. The van der Waals surface area contributed by atoms with Gasteiger partial charge < -0.3 is 5.11 Å². The number of aromatic carboxylic acids is 1. The number of hydrogen-bond donors (Lipinski definition) is 1. The minimum absolute atomic E-state index is 0.260. The fraction of sp³-hybridized carbons (Fsp3) is 0.250. The predicted molar refractivity (Wildman–Crippen MR) is 83.0 cm³/mol. The lowest BCUT2D eigenvalue weighted by Crippen LogP contribution is -2.19. The van der Waals surface area contributed by atoms with Gasteiger partial charge in [-0.15, -0.1) is 0 Å². The van der Waals surface area contributed by atoms with Crippen LogP contribution in [-0.2, 0) is 5.41 Å². The molecule has 104 valence electrons. The van der Waals surface area contributed by atoms with Crippen LogP contribution in [0.5, 0.6) is 0 Å². The Morgan fingerprint density at radius 1 is 1.20 bits per heavy atom. The predicted octanol–water partition coefficient (Wildman–Crippen LogP) is 4.51. The second kappa shape index (κ2) is 5.37. The zero-order chi connectivity index (χ0) is 14.9. The molecule has 1 heterocycles. The Bertz CT molecular complexity index is 660. The molecule has 0 saturated carbocycles. The molecule has 1 N–H and O–H groups in total. The molecule has 2 rings (SSSR count). The van der Waals surface area contributed by atoms with Crippen LogP contribution in [0.2, 0.25) is 0 Å². The Morgan fingerprint density at radius 3 is 2.45 bits per heavy atom. The summed E-state index contributed by atoms with van der Waals surface area (Å²) >= 11 is 3.43. The number of carboxylic acids is 1. The van der Waals surface area contributed by atoms with Crippen LogP contribution in [0.15, 0.2) is 40.9 Å². The summed E-state index contributed by atoms with van der Waals surface area (Å²) in [6.07, 6.45) is 0. The molecule has 0 saturated heterocycles. The molecular weight excluding hydrogens is 318 g/mol. The van der Waals surface area contributed by atoms with Crippen LogP contribution in [0.3, 0.4) is 0 Å². The van der Waals surface area contributed by atoms with E-state index in [9.17, 15) is 9.90 Å². The van der Waals surface area contributed by atoms with Crippen LogP contribution in [0.1, 0.15) is 36.8 Å². The highest BCUT2D eigenvalue weighted by Gasteiger charge is 2.24. The maximum absolute atomic E-state index is 11.3. The van der Waals surface area contributed by atoms with Crippen molar-refractivity contribution >= 4 is 21.9 Å². The van der Waals surface area contributed by atoms with Gasteiger partial charge in [0, 0.05) is 15.5 Å². The third kappa shape index (κ3) is 3.07. The van der Waals surface area contributed by atoms with Crippen molar-refractivity contribution in [1.82, 2.24) is 4.98 Å². The van der Waals surface area contributed by atoms with Crippen molar-refractivity contribution < 1.29 is 9.90 Å². The van der Waals surface area contributed by atoms with E-state index in [2.05, 4.69) is 20.9 Å². The first-order chi connectivity index (χ1) is 9.29. The zero-order valence-corrected chi connectivity index (χ0v) is 13.2. The molecule has 2 aromatic rings. The number of hydrogen-bond acceptors (Lipinski definition) is 2. The van der Waals surface area contributed by atoms with E-state index in [4.69, 9.17) is 0 Å². The number of rotatable bonds is 2. The Hall–Kier alpha value is -1.68. The summed E-state index contributed by atoms with van der Waals surface area (Å²) in [7, 11) is 0. The third-order valence-corrected chi connectivity index (χ3v) is 3.45. The van der Waals surface area contributed by atoms with Crippen molar-refractivity contribution in [3.05, 3.63) is 52.1 Å². The van der Waals surface area contributed by atoms with E-state index < -0.39 is 5.97 Å². The third-order valence-electron chi connectivity index (χ3n) is 2.96. The number of nitrogens with zero attached hydrogens (tertiary/aromatic N) is 1. The lowest BCUT2D eigenvalue weighted by molar-refractivity contribution is 0.0693. The smallest absolute Gasteiger partial charge is 0.337 e. The van der Waals surface area contributed by atoms with Gasteiger partial charge >= 0.3 is 5.97 Å². The quantitative estimate of drug-likeness (QED) is 0.879. The van der Waals surface area contributed by atoms with Gasteiger partial charge in [-0.3, -0.25) is 4.98 Å². The molecular formula is C16H16BrNO2. The van der Waals surface area contributed by atoms with Crippen molar-refractivity contribution in [2.45, 2.75) is 26.2 Å². The van der Waals surface area contributed by atoms with Gasteiger partial charge in [0.25, 0.3) is 0 Å². The van der Waals surface area contributed by atoms with Gasteiger partial charge in [0.1, 0.15) is 0 Å². The molecule has 0 atom stereocenters. The minimum Gasteiger partial charge on any atom is -0.478 e. The van der Waals surface area contributed by atoms with E-state index in [0.29, 0.717) is 5.69 Å². The summed E-state index contributed by atoms with van der Waals surface area (Å²) in [5.74, 6) is -0.941. The fourth-order valence-corrected chi connectivity index (χ4v) is 2.41. The van der Waals surface area contributed by atoms with Crippen LogP contribution in [0.25, 0.3) is 11.3 Å². The topological polar surface area (TPSA) is 50.2 Å². The average molecular weight is 334 g/mol. The number of carboxylic acid groups (broad SMARTS) is 1. The summed E-state index contributed by atoms with van der Waals surface area (Å²) in [5, 5.41) is 9.29. The van der Waals surface area contributed by atoms with Gasteiger partial charge in [-0.1, -0.05) is 48.8 Å². The molecule has 0 fully saturated rings. The Labute approximate surface area is 126 Å². The second-order valence-electron chi connectivity index (χ2n) is 5.66. The first-order valence-electron chi connectivity index (χ1n) is 6.30. The van der Waals surface area contributed by atoms with E-state index in [1.807, 2.05) is 45.0 Å². The highest BCUT2D eigenvalue weighted by atomic mass is 79.9. The highest BCUT2D eigenvalue weighted by molar-refractivity contribution is 9.10. The van der Waals surface area contributed by atoms with Crippen molar-refractivity contribution in [2.24, 2.45) is 0 Å². The lowest BCUT2D eigenvalue weighted by Gasteiger charge is -2.21. The molecule has 1 aromatic heterocycles. The lowest BCUT2D eigenvalue weighted by atomic mass is 9.88. The summed E-state index contributed by atoms with van der Waals surface area (Å²) in [5.41, 5.74) is 2.28. The molecule has 0 spiro atoms. The number of aromatic nitrogens is 1. The van der Waals surface area contributed by atoms with Crippen molar-refractivity contribution in [3.8, 4) is 11.3 Å². The molecule has 0 unspecified atom stereocenters. The standard InChI is InChI=1S/C16H16BrNO2/c1-16(2,3)14-12(15(19)20)7-8-13(18-14)10-5-4-6-11(17)9-10/h4-9H,1-3H3,(H,19,20). The Kier molecular flexibility index (Phi) is 3.95. The van der Waals surface area contributed by atoms with E-state index >= 15 is 0 Å². The summed E-state index contributed by atoms with van der Waals surface area (Å²) in [6.45, 7) is 5.89. The maximum atomic E-state index is 11.3. The molecule has 0 radical (unpaired) electrons. The van der Waals surface area contributed by atoms with Gasteiger partial charge in [0.2, 0.25) is 0 Å². The van der Waals surface area contributed by atoms with Gasteiger partial charge in [0.05, 0.1) is 17.0 Å². The number of pyridine rings is 1. The van der Waals surface area contributed by atoms with Gasteiger partial charge in [-0.05, 0) is 24.3 Å². The van der Waals surface area contributed by atoms with Gasteiger partial charge in [-0.25, -0.2) is 4.79 Å². The molecule has 0 aliphatic rings. The number of benzene rings is 1. The molecule has 0 aliphatic heterocycles. The van der Waals surface area contributed by atoms with Crippen molar-refractivity contribution in [1.29, 1.82) is 0 Å². The summed E-state index contributed by atoms with van der Waals surface area (Å²) in [4.78, 5) is 15.9. The first kappa shape index (κ1) is 14.7. The fourth-order valence-electron chi connectivity index (χ4n) is 2.01. The van der Waals surface area contributed by atoms with E-state index in [1.54, 1.807) is 12.1 Å². The van der Waals surface area contributed by atoms with Crippen LogP contribution in [0.4, 0.5) is 0 Å². The molecule has 0 aliphatic carbocycles. The van der Waals surface area contributed by atoms with Gasteiger partial charge in [0.15, 0.2) is 0 Å². The minimum atomic E-state index is -0.941. The number of carbonyl (C=O) groups is 1. The molecule has 0 bridgehead atoms. The monoisotopic (exact) mass is 333 g/mol. The number of halogens is 1. The molecule has 4 heteroatoms. The Balaban J connectivity index is 2.61. The van der Waals surface area contributed by atoms with E-state index in [0.717, 1.165) is 15.7 Å². The molecule has 0 amide bonds. The zero-order valence-electron chi connectivity index (χ0n) is 11.6. The van der Waals surface area contributed by atoms with E-state index in [1.165, 1.54) is 0 Å². The van der Waals surface area contributed by atoms with Crippen LogP contribution in [-0.4, -0.2) is 16.1 Å². The van der Waals surface area contributed by atoms with Crippen LogP contribution in [0, 0.1) is 0 Å². The summed E-state index contributed by atoms with van der Waals surface area (Å²) < 4.78 is 0.969. The Morgan fingerprint density at radius 2 is 1.90 bits per heavy atom. The highest BCUT2D eigenvalue weighted by Crippen LogP contribution is 2.28. The average Bonchev–Trinajstić information content (AvgIpc) is 2.37. The molecule has 1 aromatic carbocycles. The molecule has 20 heavy (non-hydrogen) atoms. The van der Waals surface area contributed by atoms with Crippen molar-refractivity contribution in [3.63, 3.8) is 0 Å². The molecule has 3 nitrogen and oxygen atoms in total. The van der Waals surface area contributed by atoms with Gasteiger partial charge in [-0.2, -0.15) is 0 Å². The van der Waals surface area contributed by atoms with Crippen LogP contribution >= 0.6 is 15.9 Å². The normalized spacial score (nSPS) is 11.4. The van der Waals surface area contributed by atoms with Crippen molar-refractivity contribution in [2.75, 3.05) is 0 Å². The maximum Gasteiger partial charge on any atom is 0.337 e. The second-order valence-corrected chi connectivity index (χ2v) is 6.57. The first-order valence-corrected chi connectivity index (χ1v) is 7.09. The SMILES string of the molecule is CC(C)(C)c1nc(-c2cccc(Br)c2)ccc1C(=O)O. The summed E-state index contributed by atoms with van der Waals surface area (Å²) in [6, 6.07) is 11.2.